The normalized spacial score (nSPS) is 11.4. The number of hydrogen-bond donors (Lipinski definition) is 1. The molecule has 1 N–H and O–H groups in total. The van der Waals surface area contributed by atoms with E-state index in [9.17, 15) is 0 Å². The maximum Gasteiger partial charge on any atom is 0.216 e. The topological polar surface area (TPSA) is 46.0 Å². The molecule has 2 heterocycles. The van der Waals surface area contributed by atoms with Crippen molar-refractivity contribution in [2.24, 2.45) is 5.10 Å². The molecule has 16 heavy (non-hydrogen) atoms. The van der Waals surface area contributed by atoms with Gasteiger partial charge < -0.3 is 0 Å². The van der Waals surface area contributed by atoms with E-state index in [1.807, 2.05) is 18.4 Å². The molecule has 2 rings (SSSR count). The predicted octanol–water partition coefficient (Wildman–Crippen LogP) is 3.21. The summed E-state index contributed by atoms with van der Waals surface area (Å²) in [5.74, 6) is 0.830. The predicted molar refractivity (Wildman–Crippen MR) is 71.8 cm³/mol. The largest absolute Gasteiger partial charge is 0.250 e. The summed E-state index contributed by atoms with van der Waals surface area (Å²) in [4.78, 5) is 1.07. The van der Waals surface area contributed by atoms with Crippen LogP contribution in [0.5, 0.6) is 0 Å². The SMILES string of the molecule is CCc1n[nH]c(=S)n1/N=C\c1cc(Br)cs1. The van der Waals surface area contributed by atoms with E-state index >= 15 is 0 Å². The van der Waals surface area contributed by atoms with Crippen LogP contribution in [-0.2, 0) is 6.42 Å². The molecule has 2 aromatic heterocycles. The molecule has 84 valence electrons. The van der Waals surface area contributed by atoms with E-state index in [0.29, 0.717) is 4.77 Å². The Morgan fingerprint density at radius 1 is 1.75 bits per heavy atom. The minimum atomic E-state index is 0.517. The fraction of sp³-hybridized carbons (Fsp3) is 0.222. The monoisotopic (exact) mass is 316 g/mol. The molecule has 0 aliphatic heterocycles. The first-order valence-electron chi connectivity index (χ1n) is 4.65. The maximum atomic E-state index is 5.09. The van der Waals surface area contributed by atoms with Crippen LogP contribution < -0.4 is 0 Å². The van der Waals surface area contributed by atoms with E-state index in [1.54, 1.807) is 22.2 Å². The number of nitrogens with zero attached hydrogens (tertiary/aromatic N) is 3. The highest BCUT2D eigenvalue weighted by Crippen LogP contribution is 2.18. The lowest BCUT2D eigenvalue weighted by Gasteiger charge is -1.94. The maximum absolute atomic E-state index is 5.09. The number of nitrogens with one attached hydrogen (secondary N) is 1. The minimum absolute atomic E-state index is 0.517. The molecule has 2 aromatic rings. The van der Waals surface area contributed by atoms with Crippen molar-refractivity contribution >= 4 is 45.7 Å². The molecule has 0 atom stereocenters. The lowest BCUT2D eigenvalue weighted by molar-refractivity contribution is 0.780. The molecule has 4 nitrogen and oxygen atoms in total. The van der Waals surface area contributed by atoms with Gasteiger partial charge in [0.1, 0.15) is 0 Å². The van der Waals surface area contributed by atoms with E-state index < -0.39 is 0 Å². The average molecular weight is 317 g/mol. The van der Waals surface area contributed by atoms with Gasteiger partial charge in [0.15, 0.2) is 5.82 Å². The van der Waals surface area contributed by atoms with Gasteiger partial charge in [0.2, 0.25) is 4.77 Å². The van der Waals surface area contributed by atoms with Gasteiger partial charge in [-0.2, -0.15) is 14.9 Å². The van der Waals surface area contributed by atoms with Crippen LogP contribution in [0.15, 0.2) is 21.0 Å². The summed E-state index contributed by atoms with van der Waals surface area (Å²) >= 11 is 10.1. The van der Waals surface area contributed by atoms with Crippen LogP contribution in [0.3, 0.4) is 0 Å². The Morgan fingerprint density at radius 2 is 2.56 bits per heavy atom. The fourth-order valence-corrected chi connectivity index (χ4v) is 2.68. The van der Waals surface area contributed by atoms with Crippen LogP contribution in [-0.4, -0.2) is 21.1 Å². The zero-order valence-electron chi connectivity index (χ0n) is 8.48. The second kappa shape index (κ2) is 5.03. The Balaban J connectivity index is 2.29. The van der Waals surface area contributed by atoms with E-state index in [-0.39, 0.29) is 0 Å². The molecule has 0 aliphatic rings. The molecule has 0 amide bonds. The zero-order valence-corrected chi connectivity index (χ0v) is 11.7. The van der Waals surface area contributed by atoms with Crippen molar-refractivity contribution in [1.82, 2.24) is 14.9 Å². The standard InChI is InChI=1S/C9H9BrN4S2/c1-2-8-12-13-9(15)14(8)11-4-7-3-6(10)5-16-7/h3-5H,2H2,1H3,(H,13,15)/b11-4-. The Labute approximate surface area is 110 Å². The van der Waals surface area contributed by atoms with Gasteiger partial charge in [-0.05, 0) is 34.2 Å². The smallest absolute Gasteiger partial charge is 0.216 e. The van der Waals surface area contributed by atoms with Gasteiger partial charge in [-0.3, -0.25) is 5.10 Å². The third-order valence-corrected chi connectivity index (χ3v) is 3.81. The van der Waals surface area contributed by atoms with Crippen molar-refractivity contribution in [3.63, 3.8) is 0 Å². The molecule has 0 unspecified atom stereocenters. The summed E-state index contributed by atoms with van der Waals surface area (Å²) in [6, 6.07) is 2.00. The average Bonchev–Trinajstić information content (AvgIpc) is 2.82. The van der Waals surface area contributed by atoms with Gasteiger partial charge in [0.05, 0.1) is 6.21 Å². The lowest BCUT2D eigenvalue weighted by atomic mass is 10.5. The lowest BCUT2D eigenvalue weighted by Crippen LogP contribution is -1.96. The number of aryl methyl sites for hydroxylation is 1. The zero-order chi connectivity index (χ0) is 11.5. The second-order valence-electron chi connectivity index (χ2n) is 3.02. The number of halogens is 1. The molecule has 0 fully saturated rings. The highest BCUT2D eigenvalue weighted by molar-refractivity contribution is 9.10. The van der Waals surface area contributed by atoms with E-state index in [1.165, 1.54) is 0 Å². The van der Waals surface area contributed by atoms with Crippen LogP contribution in [0.2, 0.25) is 0 Å². The summed E-state index contributed by atoms with van der Waals surface area (Å²) < 4.78 is 3.22. The number of thiophene rings is 1. The first-order valence-corrected chi connectivity index (χ1v) is 6.73. The van der Waals surface area contributed by atoms with Gasteiger partial charge in [-0.25, -0.2) is 0 Å². The molecule has 0 aliphatic carbocycles. The van der Waals surface area contributed by atoms with Crippen LogP contribution in [0, 0.1) is 4.77 Å². The summed E-state index contributed by atoms with van der Waals surface area (Å²) in [5, 5.41) is 13.1. The van der Waals surface area contributed by atoms with Gasteiger partial charge in [-0.1, -0.05) is 6.92 Å². The summed E-state index contributed by atoms with van der Waals surface area (Å²) in [6.07, 6.45) is 2.57. The summed E-state index contributed by atoms with van der Waals surface area (Å²) in [7, 11) is 0. The summed E-state index contributed by atoms with van der Waals surface area (Å²) in [5.41, 5.74) is 0. The molecule has 0 radical (unpaired) electrons. The number of hydrogen-bond acceptors (Lipinski definition) is 4. The van der Waals surface area contributed by atoms with Crippen molar-refractivity contribution in [2.45, 2.75) is 13.3 Å². The van der Waals surface area contributed by atoms with Crippen molar-refractivity contribution < 1.29 is 0 Å². The van der Waals surface area contributed by atoms with Crippen molar-refractivity contribution in [2.75, 3.05) is 0 Å². The number of H-pyrrole nitrogens is 1. The van der Waals surface area contributed by atoms with Crippen molar-refractivity contribution in [3.05, 3.63) is 31.4 Å². The Bertz CT molecular complexity index is 566. The van der Waals surface area contributed by atoms with E-state index in [2.05, 4.69) is 31.2 Å². The molecule has 0 saturated heterocycles. The van der Waals surface area contributed by atoms with Crippen LogP contribution >= 0.6 is 39.5 Å². The van der Waals surface area contributed by atoms with E-state index in [0.717, 1.165) is 21.6 Å². The number of rotatable bonds is 3. The molecule has 7 heteroatoms. The van der Waals surface area contributed by atoms with Crippen LogP contribution in [0.1, 0.15) is 17.6 Å². The quantitative estimate of drug-likeness (QED) is 0.698. The number of aromatic nitrogens is 3. The molecule has 0 aromatic carbocycles. The minimum Gasteiger partial charge on any atom is -0.250 e. The molecule has 0 saturated carbocycles. The molecular formula is C9H9BrN4S2. The molecular weight excluding hydrogens is 308 g/mol. The Hall–Kier alpha value is -0.790. The van der Waals surface area contributed by atoms with Gasteiger partial charge in [-0.15, -0.1) is 11.3 Å². The van der Waals surface area contributed by atoms with Gasteiger partial charge >= 0.3 is 0 Å². The van der Waals surface area contributed by atoms with Crippen LogP contribution in [0.25, 0.3) is 0 Å². The van der Waals surface area contributed by atoms with Crippen molar-refractivity contribution in [1.29, 1.82) is 0 Å². The van der Waals surface area contributed by atoms with E-state index in [4.69, 9.17) is 12.2 Å². The molecule has 0 spiro atoms. The molecule has 0 bridgehead atoms. The fourth-order valence-electron chi connectivity index (χ4n) is 1.18. The Morgan fingerprint density at radius 3 is 3.19 bits per heavy atom. The van der Waals surface area contributed by atoms with Gasteiger partial charge in [0.25, 0.3) is 0 Å². The third kappa shape index (κ3) is 2.47. The number of aromatic amines is 1. The second-order valence-corrected chi connectivity index (χ2v) is 5.27. The van der Waals surface area contributed by atoms with Crippen LogP contribution in [0.4, 0.5) is 0 Å². The highest BCUT2D eigenvalue weighted by Gasteiger charge is 2.01. The third-order valence-electron chi connectivity index (χ3n) is 1.92. The Kier molecular flexibility index (Phi) is 3.67. The first kappa shape index (κ1) is 11.7. The highest BCUT2D eigenvalue weighted by atomic mass is 79.9. The van der Waals surface area contributed by atoms with Gasteiger partial charge in [0, 0.05) is 21.2 Å². The van der Waals surface area contributed by atoms with Crippen molar-refractivity contribution in [3.8, 4) is 0 Å². The summed E-state index contributed by atoms with van der Waals surface area (Å²) in [6.45, 7) is 2.01. The first-order chi connectivity index (χ1) is 7.70.